The molecule has 1 aliphatic rings. The second-order valence-corrected chi connectivity index (χ2v) is 21.1. The van der Waals surface area contributed by atoms with Gasteiger partial charge in [0, 0.05) is 6.42 Å². The number of unbranched alkanes of at least 4 members (excludes halogenated alkanes) is 23. The summed E-state index contributed by atoms with van der Waals surface area (Å²) in [6.45, 7) is 1.77. The van der Waals surface area contributed by atoms with E-state index in [2.05, 4.69) is 19.2 Å². The van der Waals surface area contributed by atoms with Crippen LogP contribution in [0.3, 0.4) is 0 Å². The zero-order valence-corrected chi connectivity index (χ0v) is 48.3. The molecule has 3 N–H and O–H groups in total. The molecule has 0 spiro atoms. The number of amides is 1. The van der Waals surface area contributed by atoms with Gasteiger partial charge in [0.05, 0.1) is 35.9 Å². The molecule has 0 unspecified atom stereocenters. The molecule has 3 aromatic carbocycles. The normalized spacial score (nSPS) is 17.7. The molecule has 1 saturated heterocycles. The first-order chi connectivity index (χ1) is 39.5. The first kappa shape index (κ1) is 67.6. The maximum Gasteiger partial charge on any atom is 0.338 e. The first-order valence-electron chi connectivity index (χ1n) is 30.1. The lowest BCUT2D eigenvalue weighted by atomic mass is 9.97. The molecule has 1 aliphatic heterocycles. The Morgan fingerprint density at radius 2 is 0.951 bits per heavy atom. The van der Waals surface area contributed by atoms with Crippen molar-refractivity contribution in [3.63, 3.8) is 0 Å². The number of carbonyl (C=O) groups excluding carboxylic acids is 4. The van der Waals surface area contributed by atoms with Gasteiger partial charge in [-0.15, -0.1) is 0 Å². The van der Waals surface area contributed by atoms with E-state index in [9.17, 15) is 39.0 Å². The quantitative estimate of drug-likeness (QED) is 0.0207. The number of ether oxygens (including phenoxy) is 7. The van der Waals surface area contributed by atoms with E-state index in [1.807, 2.05) is 6.08 Å². The molecule has 0 aromatic heterocycles. The smallest absolute Gasteiger partial charge is 0.338 e. The number of carbonyl (C=O) groups is 6. The number of hydrogen-bond acceptors (Lipinski definition) is 13. The van der Waals surface area contributed by atoms with Crippen LogP contribution >= 0.6 is 0 Å². The number of nitrogens with one attached hydrogen (secondary N) is 1. The molecule has 4 rings (SSSR count). The Kier molecular flexibility index (Phi) is 35.0. The number of hydrogen-bond donors (Lipinski definition) is 3. The largest absolute Gasteiger partial charge is 0.480 e. The van der Waals surface area contributed by atoms with Crippen LogP contribution in [0.2, 0.25) is 0 Å². The molecule has 3 aromatic rings. The maximum absolute atomic E-state index is 14.1. The van der Waals surface area contributed by atoms with Gasteiger partial charge in [0.1, 0.15) is 31.5 Å². The van der Waals surface area contributed by atoms with Crippen molar-refractivity contribution >= 4 is 35.8 Å². The van der Waals surface area contributed by atoms with Crippen LogP contribution in [0.5, 0.6) is 0 Å². The minimum Gasteiger partial charge on any atom is -0.480 e. The summed E-state index contributed by atoms with van der Waals surface area (Å²) in [5.41, 5.74) is 0.482. The summed E-state index contributed by atoms with van der Waals surface area (Å²) in [6.07, 6.45) is 23.3. The Labute approximate surface area is 481 Å². The predicted molar refractivity (Wildman–Crippen MR) is 310 cm³/mol. The molecule has 0 bridgehead atoms. The molecule has 448 valence electrons. The van der Waals surface area contributed by atoms with Gasteiger partial charge in [0.15, 0.2) is 18.5 Å². The Bertz CT molecular complexity index is 2230. The van der Waals surface area contributed by atoms with E-state index in [0.717, 1.165) is 51.4 Å². The van der Waals surface area contributed by atoms with Crippen LogP contribution in [-0.4, -0.2) is 115 Å². The third-order valence-corrected chi connectivity index (χ3v) is 14.2. The molecule has 1 amide bonds. The Morgan fingerprint density at radius 3 is 1.42 bits per heavy atom. The summed E-state index contributed by atoms with van der Waals surface area (Å²) in [7, 11) is 0. The van der Waals surface area contributed by atoms with E-state index in [1.54, 1.807) is 72.8 Å². The van der Waals surface area contributed by atoms with Crippen molar-refractivity contribution in [1.82, 2.24) is 5.32 Å². The molecule has 7 atom stereocenters. The summed E-state index contributed by atoms with van der Waals surface area (Å²) in [4.78, 5) is 79.8. The molecular weight excluding hydrogens is 1030 g/mol. The summed E-state index contributed by atoms with van der Waals surface area (Å²) in [5.74, 6) is -5.47. The molecule has 16 nitrogen and oxygen atoms in total. The van der Waals surface area contributed by atoms with Crippen LogP contribution in [0, 0.1) is 0 Å². The van der Waals surface area contributed by atoms with Crippen LogP contribution in [0.4, 0.5) is 0 Å². The second kappa shape index (κ2) is 42.0. The summed E-state index contributed by atoms with van der Waals surface area (Å²) >= 11 is 0. The fourth-order valence-electron chi connectivity index (χ4n) is 9.75. The van der Waals surface area contributed by atoms with Crippen molar-refractivity contribution < 1.29 is 72.1 Å². The van der Waals surface area contributed by atoms with Gasteiger partial charge < -0.3 is 48.7 Å². The van der Waals surface area contributed by atoms with Crippen LogP contribution < -0.4 is 5.32 Å². The van der Waals surface area contributed by atoms with Crippen LogP contribution in [0.1, 0.15) is 212 Å². The van der Waals surface area contributed by atoms with Gasteiger partial charge in [0.2, 0.25) is 5.91 Å². The number of carboxylic acid groups (broad SMARTS) is 2. The van der Waals surface area contributed by atoms with Crippen molar-refractivity contribution in [1.29, 1.82) is 0 Å². The molecule has 1 fully saturated rings. The van der Waals surface area contributed by atoms with Gasteiger partial charge >= 0.3 is 29.8 Å². The van der Waals surface area contributed by atoms with E-state index in [1.165, 1.54) is 121 Å². The highest BCUT2D eigenvalue weighted by Crippen LogP contribution is 2.32. The topological polar surface area (TPSA) is 220 Å². The SMILES string of the molecule is CCCCCCCCCCCCC/C=C/[C@@H](OC(=O)c1ccccc1)[C@H](CO[C@@H]1O[C@H](COCC(=O)O)[C@H](OCC(=O)O)[C@H](OC(=O)c2ccccc2)[C@H]1OC(=O)c1ccccc1)NC(=O)CCCCCCCCCCCCCCC. The number of carboxylic acids is 2. The Morgan fingerprint density at radius 1 is 0.519 bits per heavy atom. The number of aliphatic carboxylic acids is 2. The lowest BCUT2D eigenvalue weighted by molar-refractivity contribution is -0.308. The third-order valence-electron chi connectivity index (χ3n) is 14.2. The Balaban J connectivity index is 1.65. The summed E-state index contributed by atoms with van der Waals surface area (Å²) < 4.78 is 42.8. The first-order valence-corrected chi connectivity index (χ1v) is 30.1. The van der Waals surface area contributed by atoms with Crippen LogP contribution in [0.15, 0.2) is 103 Å². The van der Waals surface area contributed by atoms with Crippen molar-refractivity contribution in [2.75, 3.05) is 26.4 Å². The zero-order chi connectivity index (χ0) is 58.1. The predicted octanol–water partition coefficient (Wildman–Crippen LogP) is 13.2. The second-order valence-electron chi connectivity index (χ2n) is 21.1. The zero-order valence-electron chi connectivity index (χ0n) is 48.3. The monoisotopic (exact) mass is 1130 g/mol. The van der Waals surface area contributed by atoms with Crippen molar-refractivity contribution in [3.05, 3.63) is 120 Å². The highest BCUT2D eigenvalue weighted by molar-refractivity contribution is 5.91. The van der Waals surface area contributed by atoms with Gasteiger partial charge in [0.25, 0.3) is 0 Å². The van der Waals surface area contributed by atoms with Crippen molar-refractivity contribution in [3.8, 4) is 0 Å². The van der Waals surface area contributed by atoms with Crippen LogP contribution in [0.25, 0.3) is 0 Å². The summed E-state index contributed by atoms with van der Waals surface area (Å²) in [6, 6.07) is 23.2. The fraction of sp³-hybridized carbons (Fsp3) is 0.600. The minimum atomic E-state index is -1.69. The molecular formula is C65H93NO15. The highest BCUT2D eigenvalue weighted by atomic mass is 16.7. The van der Waals surface area contributed by atoms with Gasteiger partial charge in [-0.3, -0.25) is 4.79 Å². The maximum atomic E-state index is 14.1. The molecule has 0 radical (unpaired) electrons. The number of rotatable bonds is 45. The van der Waals surface area contributed by atoms with Crippen molar-refractivity contribution in [2.24, 2.45) is 0 Å². The number of allylic oxidation sites excluding steroid dienone is 1. The van der Waals surface area contributed by atoms with Crippen LogP contribution in [-0.2, 0) is 47.5 Å². The third kappa shape index (κ3) is 28.6. The lowest BCUT2D eigenvalue weighted by Gasteiger charge is -2.45. The van der Waals surface area contributed by atoms with Crippen molar-refractivity contribution in [2.45, 2.75) is 224 Å². The number of esters is 3. The number of benzene rings is 3. The molecule has 81 heavy (non-hydrogen) atoms. The molecule has 16 heteroatoms. The van der Waals surface area contributed by atoms with E-state index in [0.29, 0.717) is 12.8 Å². The van der Waals surface area contributed by atoms with Gasteiger partial charge in [-0.25, -0.2) is 24.0 Å². The van der Waals surface area contributed by atoms with Gasteiger partial charge in [-0.1, -0.05) is 216 Å². The van der Waals surface area contributed by atoms with E-state index in [4.69, 9.17) is 33.2 Å². The average Bonchev–Trinajstić information content (AvgIpc) is 3.63. The summed E-state index contributed by atoms with van der Waals surface area (Å²) in [5, 5.41) is 22.4. The Hall–Kier alpha value is -5.94. The standard InChI is InChI=1S/C65H93NO15/c1-3-5-7-9-11-13-15-17-19-21-23-25-36-44-54(78-62(72)50-38-30-27-31-39-50)53(66-56(67)45-37-26-24-22-20-18-16-14-12-10-8-6-4-2)46-77-65-61(81-64(74)52-42-34-29-35-43-52)60(80-63(73)51-40-32-28-33-41-51)59(76-49-58(70)71)55(79-65)47-75-48-57(68)69/h27-36,38-44,53-55,59-61,65H,3-26,37,45-49H2,1-2H3,(H,66,67)(H,68,69)(H,70,71)/b44-36+/t53-,54+,55+,59-,60-,61+,65+/m0/s1. The van der Waals surface area contributed by atoms with E-state index >= 15 is 0 Å². The molecule has 0 saturated carbocycles. The highest BCUT2D eigenvalue weighted by Gasteiger charge is 2.52. The lowest BCUT2D eigenvalue weighted by Crippen LogP contribution is -2.63. The molecule has 0 aliphatic carbocycles. The van der Waals surface area contributed by atoms with Gasteiger partial charge in [-0.05, 0) is 61.7 Å². The molecule has 1 heterocycles. The van der Waals surface area contributed by atoms with Gasteiger partial charge in [-0.2, -0.15) is 0 Å². The minimum absolute atomic E-state index is 0.0968. The average molecular weight is 1130 g/mol. The fourth-order valence-corrected chi connectivity index (χ4v) is 9.75. The van der Waals surface area contributed by atoms with E-state index in [-0.39, 0.29) is 29.0 Å². The van der Waals surface area contributed by atoms with E-state index < -0.39 is 99.1 Å².